The van der Waals surface area contributed by atoms with Crippen LogP contribution in [0.1, 0.15) is 50.5 Å². The third-order valence-electron chi connectivity index (χ3n) is 4.55. The summed E-state index contributed by atoms with van der Waals surface area (Å²) >= 11 is 6.13. The molecule has 1 fully saturated rings. The minimum Gasteiger partial charge on any atom is -0.323 e. The van der Waals surface area contributed by atoms with Gasteiger partial charge >= 0.3 is 0 Å². The molecule has 1 aliphatic rings. The zero-order valence-electron chi connectivity index (χ0n) is 11.9. The Morgan fingerprint density at radius 3 is 2.84 bits per heavy atom. The summed E-state index contributed by atoms with van der Waals surface area (Å²) in [6, 6.07) is 7.00. The first-order valence-electron chi connectivity index (χ1n) is 7.06. The second kappa shape index (κ2) is 4.52. The predicted molar refractivity (Wildman–Crippen MR) is 80.7 cm³/mol. The Kier molecular flexibility index (Phi) is 3.09. The van der Waals surface area contributed by atoms with E-state index in [9.17, 15) is 0 Å². The normalized spacial score (nSPS) is 22.2. The molecule has 3 heteroatoms. The molecule has 1 saturated carbocycles. The summed E-state index contributed by atoms with van der Waals surface area (Å²) in [4.78, 5) is 4.71. The topological polar surface area (TPSA) is 17.8 Å². The fourth-order valence-electron chi connectivity index (χ4n) is 3.48. The first kappa shape index (κ1) is 13.0. The van der Waals surface area contributed by atoms with Crippen molar-refractivity contribution in [1.29, 1.82) is 0 Å². The average Bonchev–Trinajstić information content (AvgIpc) is 2.88. The predicted octanol–water partition coefficient (Wildman–Crippen LogP) is 4.83. The number of fused-ring (bicyclic) bond motifs is 1. The van der Waals surface area contributed by atoms with E-state index in [1.54, 1.807) is 0 Å². The standard InChI is InChI=1S/C16H21ClN2/c1-11-6-7-12-13(9-11)19(15(10-17)18-12)14-5-4-8-16(14,2)3/h6-7,9,14H,4-5,8,10H2,1-3H3. The van der Waals surface area contributed by atoms with Crippen LogP contribution in [0.5, 0.6) is 0 Å². The zero-order valence-corrected chi connectivity index (χ0v) is 12.7. The molecule has 1 aliphatic carbocycles. The monoisotopic (exact) mass is 276 g/mol. The average molecular weight is 277 g/mol. The van der Waals surface area contributed by atoms with E-state index < -0.39 is 0 Å². The lowest BCUT2D eigenvalue weighted by Gasteiger charge is -2.30. The molecule has 0 aliphatic heterocycles. The smallest absolute Gasteiger partial charge is 0.125 e. The van der Waals surface area contributed by atoms with Gasteiger partial charge in [0.2, 0.25) is 0 Å². The molecule has 0 bridgehead atoms. The largest absolute Gasteiger partial charge is 0.323 e. The number of halogens is 1. The van der Waals surface area contributed by atoms with Crippen molar-refractivity contribution in [2.45, 2.75) is 52.0 Å². The summed E-state index contributed by atoms with van der Waals surface area (Å²) in [6.45, 7) is 6.87. The van der Waals surface area contributed by atoms with Crippen LogP contribution < -0.4 is 0 Å². The Balaban J connectivity index is 2.23. The van der Waals surface area contributed by atoms with Gasteiger partial charge in [0.1, 0.15) is 5.82 Å². The van der Waals surface area contributed by atoms with E-state index in [0.29, 0.717) is 17.3 Å². The third kappa shape index (κ3) is 2.06. The van der Waals surface area contributed by atoms with E-state index in [2.05, 4.69) is 43.5 Å². The molecular weight excluding hydrogens is 256 g/mol. The summed E-state index contributed by atoms with van der Waals surface area (Å²) in [5.74, 6) is 1.50. The Bertz CT molecular complexity index is 612. The van der Waals surface area contributed by atoms with Crippen molar-refractivity contribution in [3.05, 3.63) is 29.6 Å². The van der Waals surface area contributed by atoms with Crippen LogP contribution >= 0.6 is 11.6 Å². The zero-order chi connectivity index (χ0) is 13.6. The van der Waals surface area contributed by atoms with Crippen molar-refractivity contribution >= 4 is 22.6 Å². The van der Waals surface area contributed by atoms with E-state index >= 15 is 0 Å². The molecule has 1 aromatic carbocycles. The van der Waals surface area contributed by atoms with Crippen LogP contribution in [-0.4, -0.2) is 9.55 Å². The van der Waals surface area contributed by atoms with Gasteiger partial charge in [0, 0.05) is 6.04 Å². The van der Waals surface area contributed by atoms with Gasteiger partial charge in [-0.2, -0.15) is 0 Å². The van der Waals surface area contributed by atoms with Gasteiger partial charge in [-0.15, -0.1) is 11.6 Å². The highest BCUT2D eigenvalue weighted by Gasteiger charge is 2.37. The quantitative estimate of drug-likeness (QED) is 0.718. The highest BCUT2D eigenvalue weighted by molar-refractivity contribution is 6.16. The number of rotatable bonds is 2. The highest BCUT2D eigenvalue weighted by atomic mass is 35.5. The van der Waals surface area contributed by atoms with Gasteiger partial charge in [-0.05, 0) is 42.9 Å². The maximum atomic E-state index is 6.13. The Labute approximate surface area is 119 Å². The van der Waals surface area contributed by atoms with E-state index in [0.717, 1.165) is 11.3 Å². The van der Waals surface area contributed by atoms with Crippen LogP contribution in [0.2, 0.25) is 0 Å². The third-order valence-corrected chi connectivity index (χ3v) is 4.79. The van der Waals surface area contributed by atoms with Gasteiger partial charge in [-0.3, -0.25) is 0 Å². The van der Waals surface area contributed by atoms with Crippen molar-refractivity contribution in [3.63, 3.8) is 0 Å². The van der Waals surface area contributed by atoms with Crippen LogP contribution in [0.3, 0.4) is 0 Å². The van der Waals surface area contributed by atoms with Crippen molar-refractivity contribution in [2.24, 2.45) is 5.41 Å². The fraction of sp³-hybridized carbons (Fsp3) is 0.562. The lowest BCUT2D eigenvalue weighted by atomic mass is 9.87. The van der Waals surface area contributed by atoms with Crippen LogP contribution in [0.25, 0.3) is 11.0 Å². The lowest BCUT2D eigenvalue weighted by molar-refractivity contribution is 0.262. The van der Waals surface area contributed by atoms with E-state index in [1.165, 1.54) is 30.3 Å². The van der Waals surface area contributed by atoms with Gasteiger partial charge < -0.3 is 4.57 Å². The molecule has 0 N–H and O–H groups in total. The van der Waals surface area contributed by atoms with E-state index in [-0.39, 0.29) is 0 Å². The van der Waals surface area contributed by atoms with Crippen molar-refractivity contribution in [3.8, 4) is 0 Å². The number of hydrogen-bond acceptors (Lipinski definition) is 1. The summed E-state index contributed by atoms with van der Waals surface area (Å²) < 4.78 is 2.41. The molecule has 0 saturated heterocycles. The molecule has 2 nitrogen and oxygen atoms in total. The van der Waals surface area contributed by atoms with Gasteiger partial charge in [-0.1, -0.05) is 26.3 Å². The summed E-state index contributed by atoms with van der Waals surface area (Å²) in [6.07, 6.45) is 3.81. The number of nitrogens with zero attached hydrogens (tertiary/aromatic N) is 2. The number of aryl methyl sites for hydroxylation is 1. The molecular formula is C16H21ClN2. The van der Waals surface area contributed by atoms with Crippen LogP contribution in [-0.2, 0) is 5.88 Å². The second-order valence-corrected chi connectivity index (χ2v) is 6.69. The first-order valence-corrected chi connectivity index (χ1v) is 7.60. The summed E-state index contributed by atoms with van der Waals surface area (Å²) in [5, 5.41) is 0. The fourth-order valence-corrected chi connectivity index (χ4v) is 3.67. The van der Waals surface area contributed by atoms with Gasteiger partial charge in [0.15, 0.2) is 0 Å². The number of alkyl halides is 1. The maximum absolute atomic E-state index is 6.13. The first-order chi connectivity index (χ1) is 9.03. The van der Waals surface area contributed by atoms with Gasteiger partial charge in [0.05, 0.1) is 16.9 Å². The Morgan fingerprint density at radius 2 is 2.21 bits per heavy atom. The van der Waals surface area contributed by atoms with Crippen LogP contribution in [0.15, 0.2) is 18.2 Å². The van der Waals surface area contributed by atoms with Gasteiger partial charge in [-0.25, -0.2) is 4.98 Å². The highest BCUT2D eigenvalue weighted by Crippen LogP contribution is 2.47. The number of imidazole rings is 1. The summed E-state index contributed by atoms with van der Waals surface area (Å²) in [5.41, 5.74) is 3.93. The van der Waals surface area contributed by atoms with Crippen molar-refractivity contribution < 1.29 is 0 Å². The van der Waals surface area contributed by atoms with Crippen LogP contribution in [0, 0.1) is 12.3 Å². The molecule has 1 unspecified atom stereocenters. The molecule has 102 valence electrons. The molecule has 3 rings (SSSR count). The molecule has 1 atom stereocenters. The molecule has 19 heavy (non-hydrogen) atoms. The molecule has 1 heterocycles. The number of aromatic nitrogens is 2. The number of hydrogen-bond donors (Lipinski definition) is 0. The maximum Gasteiger partial charge on any atom is 0.125 e. The SMILES string of the molecule is Cc1ccc2nc(CCl)n(C3CCCC3(C)C)c2c1. The molecule has 0 amide bonds. The van der Waals surface area contributed by atoms with Gasteiger partial charge in [0.25, 0.3) is 0 Å². The second-order valence-electron chi connectivity index (χ2n) is 6.42. The minimum atomic E-state index is 0.332. The Hall–Kier alpha value is -1.02. The lowest BCUT2D eigenvalue weighted by Crippen LogP contribution is -2.23. The summed E-state index contributed by atoms with van der Waals surface area (Å²) in [7, 11) is 0. The molecule has 2 aromatic rings. The van der Waals surface area contributed by atoms with E-state index in [4.69, 9.17) is 16.6 Å². The Morgan fingerprint density at radius 1 is 1.42 bits per heavy atom. The van der Waals surface area contributed by atoms with E-state index in [1.807, 2.05) is 0 Å². The van der Waals surface area contributed by atoms with Crippen LogP contribution in [0.4, 0.5) is 0 Å². The van der Waals surface area contributed by atoms with Crippen molar-refractivity contribution in [2.75, 3.05) is 0 Å². The molecule has 0 radical (unpaired) electrons. The van der Waals surface area contributed by atoms with Crippen molar-refractivity contribution in [1.82, 2.24) is 9.55 Å². The number of benzene rings is 1. The molecule has 0 spiro atoms. The molecule has 1 aromatic heterocycles. The minimum absolute atomic E-state index is 0.332.